The Morgan fingerprint density at radius 3 is 2.87 bits per heavy atom. The first-order chi connectivity index (χ1) is 7.20. The molecule has 0 amide bonds. The van der Waals surface area contributed by atoms with Gasteiger partial charge in [0.2, 0.25) is 0 Å². The van der Waals surface area contributed by atoms with Gasteiger partial charge in [-0.3, -0.25) is 0 Å². The summed E-state index contributed by atoms with van der Waals surface area (Å²) in [5.41, 5.74) is 3.67. The highest BCUT2D eigenvalue weighted by Crippen LogP contribution is 2.29. The quantitative estimate of drug-likeness (QED) is 0.746. The highest BCUT2D eigenvalue weighted by molar-refractivity contribution is 5.36. The molecule has 1 heterocycles. The Bertz CT molecular complexity index is 348. The molecule has 0 aromatic heterocycles. The zero-order valence-electron chi connectivity index (χ0n) is 9.39. The number of aryl methyl sites for hydroxylation is 1. The van der Waals surface area contributed by atoms with Crippen LogP contribution in [0.4, 0.5) is 4.39 Å². The average molecular weight is 207 g/mol. The molecule has 1 saturated heterocycles. The second-order valence-electron chi connectivity index (χ2n) is 4.40. The maximum atomic E-state index is 13.8. The maximum Gasteiger partial charge on any atom is 0.109 e. The largest absolute Gasteiger partial charge is 0.316 e. The van der Waals surface area contributed by atoms with Gasteiger partial charge in [-0.2, -0.15) is 0 Å². The zero-order chi connectivity index (χ0) is 10.8. The molecule has 1 aromatic carbocycles. The minimum Gasteiger partial charge on any atom is -0.316 e. The molecule has 0 spiro atoms. The predicted molar refractivity (Wildman–Crippen MR) is 61.0 cm³/mol. The standard InChI is InChI=1S/C13H18FN/c1-9-4-3-5-11(10(9)2)12-8-15-7-6-13(12)14/h3-5,12-13,15H,6-8H2,1-2H3. The Morgan fingerprint density at radius 2 is 2.13 bits per heavy atom. The molecule has 2 rings (SSSR count). The monoisotopic (exact) mass is 207 g/mol. The molecule has 0 saturated carbocycles. The summed E-state index contributed by atoms with van der Waals surface area (Å²) < 4.78 is 13.8. The van der Waals surface area contributed by atoms with Crippen LogP contribution in [0.2, 0.25) is 0 Å². The molecule has 2 atom stereocenters. The first-order valence-electron chi connectivity index (χ1n) is 5.61. The summed E-state index contributed by atoms with van der Waals surface area (Å²) in [6, 6.07) is 6.17. The van der Waals surface area contributed by atoms with Crippen LogP contribution >= 0.6 is 0 Å². The van der Waals surface area contributed by atoms with E-state index in [-0.39, 0.29) is 5.92 Å². The van der Waals surface area contributed by atoms with E-state index in [0.717, 1.165) is 13.1 Å². The minimum atomic E-state index is -0.688. The van der Waals surface area contributed by atoms with Crippen LogP contribution < -0.4 is 5.32 Å². The van der Waals surface area contributed by atoms with E-state index in [1.54, 1.807) is 0 Å². The molecular weight excluding hydrogens is 189 g/mol. The van der Waals surface area contributed by atoms with Crippen LogP contribution in [0.3, 0.4) is 0 Å². The van der Waals surface area contributed by atoms with Gasteiger partial charge in [0.1, 0.15) is 6.17 Å². The number of halogens is 1. The predicted octanol–water partition coefficient (Wildman–Crippen LogP) is 2.72. The average Bonchev–Trinajstić information content (AvgIpc) is 2.23. The van der Waals surface area contributed by atoms with Crippen LogP contribution in [0.15, 0.2) is 18.2 Å². The lowest BCUT2D eigenvalue weighted by molar-refractivity contribution is 0.227. The second-order valence-corrected chi connectivity index (χ2v) is 4.40. The molecule has 1 aliphatic rings. The van der Waals surface area contributed by atoms with E-state index in [9.17, 15) is 4.39 Å². The third kappa shape index (κ3) is 2.05. The van der Waals surface area contributed by atoms with E-state index in [1.807, 2.05) is 6.07 Å². The van der Waals surface area contributed by atoms with Crippen molar-refractivity contribution in [2.24, 2.45) is 0 Å². The topological polar surface area (TPSA) is 12.0 Å². The van der Waals surface area contributed by atoms with Gasteiger partial charge in [-0.1, -0.05) is 18.2 Å². The smallest absolute Gasteiger partial charge is 0.109 e. The van der Waals surface area contributed by atoms with Crippen molar-refractivity contribution in [1.82, 2.24) is 5.32 Å². The zero-order valence-corrected chi connectivity index (χ0v) is 9.39. The van der Waals surface area contributed by atoms with Crippen LogP contribution in [-0.4, -0.2) is 19.3 Å². The van der Waals surface area contributed by atoms with Gasteiger partial charge < -0.3 is 5.32 Å². The fourth-order valence-electron chi connectivity index (χ4n) is 2.31. The maximum absolute atomic E-state index is 13.8. The molecule has 0 aliphatic carbocycles. The fourth-order valence-corrected chi connectivity index (χ4v) is 2.31. The minimum absolute atomic E-state index is 0.0404. The number of hydrogen-bond donors (Lipinski definition) is 1. The third-order valence-corrected chi connectivity index (χ3v) is 3.44. The van der Waals surface area contributed by atoms with Crippen molar-refractivity contribution in [1.29, 1.82) is 0 Å². The first-order valence-corrected chi connectivity index (χ1v) is 5.61. The van der Waals surface area contributed by atoms with Crippen molar-refractivity contribution in [2.45, 2.75) is 32.4 Å². The summed E-state index contributed by atoms with van der Waals surface area (Å²) >= 11 is 0. The van der Waals surface area contributed by atoms with Crippen LogP contribution in [0.5, 0.6) is 0 Å². The summed E-state index contributed by atoms with van der Waals surface area (Å²) in [6.45, 7) is 5.75. The van der Waals surface area contributed by atoms with Gasteiger partial charge in [-0.05, 0) is 43.5 Å². The van der Waals surface area contributed by atoms with Gasteiger partial charge in [0.25, 0.3) is 0 Å². The molecule has 2 heteroatoms. The Kier molecular flexibility index (Phi) is 3.06. The normalized spacial score (nSPS) is 26.6. The van der Waals surface area contributed by atoms with Gasteiger partial charge in [-0.25, -0.2) is 4.39 Å². The van der Waals surface area contributed by atoms with Gasteiger partial charge >= 0.3 is 0 Å². The summed E-state index contributed by atoms with van der Waals surface area (Å²) in [4.78, 5) is 0. The number of rotatable bonds is 1. The van der Waals surface area contributed by atoms with E-state index >= 15 is 0 Å². The second kappa shape index (κ2) is 4.31. The molecule has 1 N–H and O–H groups in total. The number of alkyl halides is 1. The van der Waals surface area contributed by atoms with Crippen LogP contribution in [0.25, 0.3) is 0 Å². The number of piperidine rings is 1. The summed E-state index contributed by atoms with van der Waals surface area (Å²) in [5.74, 6) is 0.0404. The van der Waals surface area contributed by atoms with E-state index in [0.29, 0.717) is 6.42 Å². The van der Waals surface area contributed by atoms with Gasteiger partial charge in [0, 0.05) is 12.5 Å². The fraction of sp³-hybridized carbons (Fsp3) is 0.538. The van der Waals surface area contributed by atoms with Gasteiger partial charge in [0.15, 0.2) is 0 Å². The van der Waals surface area contributed by atoms with Crippen molar-refractivity contribution in [3.05, 3.63) is 34.9 Å². The number of benzene rings is 1. The molecule has 0 radical (unpaired) electrons. The molecular formula is C13H18FN. The molecule has 1 fully saturated rings. The molecule has 2 unspecified atom stereocenters. The lowest BCUT2D eigenvalue weighted by atomic mass is 9.86. The van der Waals surface area contributed by atoms with Crippen LogP contribution in [0, 0.1) is 13.8 Å². The van der Waals surface area contributed by atoms with E-state index in [4.69, 9.17) is 0 Å². The molecule has 0 bridgehead atoms. The van der Waals surface area contributed by atoms with Gasteiger partial charge in [0.05, 0.1) is 0 Å². The third-order valence-electron chi connectivity index (χ3n) is 3.44. The summed E-state index contributed by atoms with van der Waals surface area (Å²) in [5, 5.41) is 3.27. The summed E-state index contributed by atoms with van der Waals surface area (Å²) in [6.07, 6.45) is -0.0512. The molecule has 15 heavy (non-hydrogen) atoms. The first kappa shape index (κ1) is 10.6. The van der Waals surface area contributed by atoms with Gasteiger partial charge in [-0.15, -0.1) is 0 Å². The highest BCUT2D eigenvalue weighted by atomic mass is 19.1. The Labute approximate surface area is 90.7 Å². The van der Waals surface area contributed by atoms with Crippen molar-refractivity contribution in [2.75, 3.05) is 13.1 Å². The van der Waals surface area contributed by atoms with Crippen LogP contribution in [-0.2, 0) is 0 Å². The lowest BCUT2D eigenvalue weighted by Crippen LogP contribution is -2.36. The molecule has 1 aromatic rings. The van der Waals surface area contributed by atoms with E-state index in [1.165, 1.54) is 16.7 Å². The van der Waals surface area contributed by atoms with Crippen LogP contribution in [0.1, 0.15) is 29.0 Å². The van der Waals surface area contributed by atoms with Crippen molar-refractivity contribution in [3.8, 4) is 0 Å². The molecule has 82 valence electrons. The Morgan fingerprint density at radius 1 is 1.33 bits per heavy atom. The SMILES string of the molecule is Cc1cccc(C2CNCCC2F)c1C. The summed E-state index contributed by atoms with van der Waals surface area (Å²) in [7, 11) is 0. The number of nitrogens with one attached hydrogen (secondary N) is 1. The number of hydrogen-bond acceptors (Lipinski definition) is 1. The molecule has 1 nitrogen and oxygen atoms in total. The van der Waals surface area contributed by atoms with E-state index in [2.05, 4.69) is 31.3 Å². The Balaban J connectivity index is 2.31. The highest BCUT2D eigenvalue weighted by Gasteiger charge is 2.27. The van der Waals surface area contributed by atoms with Crippen molar-refractivity contribution >= 4 is 0 Å². The Hall–Kier alpha value is -0.890. The molecule has 1 aliphatic heterocycles. The van der Waals surface area contributed by atoms with E-state index < -0.39 is 6.17 Å². The van der Waals surface area contributed by atoms with Crippen molar-refractivity contribution < 1.29 is 4.39 Å². The lowest BCUT2D eigenvalue weighted by Gasteiger charge is -2.28. The van der Waals surface area contributed by atoms with Crippen molar-refractivity contribution in [3.63, 3.8) is 0 Å².